The van der Waals surface area contributed by atoms with Gasteiger partial charge in [-0.15, -0.1) is 0 Å². The number of amides is 3. The molecule has 1 aromatic rings. The molecule has 1 aliphatic heterocycles. The standard InChI is InChI=1S/C35H57N3O11/c1-25(37(8)33(43)49-35(5,6)7)30(39)36-29(34(2,3)4)31(40)38-23-27(22-28(38)32(41)42)48-21-20-46-17-16-44-14-15-45-18-19-47-24-26-12-10-9-11-13-26/h9-13,25,27-29H,14-24H2,1-8H3,(H,36,39)(H,41,42)/t25-,27-,28-,29?/m0/s1. The van der Waals surface area contributed by atoms with Crippen LogP contribution in [-0.2, 0) is 49.4 Å². The van der Waals surface area contributed by atoms with E-state index in [4.69, 9.17) is 28.4 Å². The lowest BCUT2D eigenvalue weighted by atomic mass is 9.85. The molecule has 1 unspecified atom stereocenters. The first-order valence-electron chi connectivity index (χ1n) is 16.8. The topological polar surface area (TPSA) is 162 Å². The van der Waals surface area contributed by atoms with Crippen LogP contribution in [0.15, 0.2) is 30.3 Å². The molecule has 1 aromatic carbocycles. The van der Waals surface area contributed by atoms with Crippen LogP contribution in [0.2, 0.25) is 0 Å². The lowest BCUT2D eigenvalue weighted by molar-refractivity contribution is -0.151. The Hall–Kier alpha value is -3.30. The molecule has 278 valence electrons. The van der Waals surface area contributed by atoms with Gasteiger partial charge in [0.2, 0.25) is 11.8 Å². The second kappa shape index (κ2) is 20.4. The number of carbonyl (C=O) groups excluding carboxylic acids is 3. The van der Waals surface area contributed by atoms with Gasteiger partial charge in [0.25, 0.3) is 0 Å². The van der Waals surface area contributed by atoms with E-state index in [0.29, 0.717) is 46.2 Å². The molecule has 2 rings (SSSR count). The number of carbonyl (C=O) groups is 4. The molecule has 4 atom stereocenters. The van der Waals surface area contributed by atoms with Crippen LogP contribution in [0.5, 0.6) is 0 Å². The third-order valence-corrected chi connectivity index (χ3v) is 7.68. The van der Waals surface area contributed by atoms with Crippen molar-refractivity contribution in [1.82, 2.24) is 15.1 Å². The first kappa shape index (κ1) is 41.9. The van der Waals surface area contributed by atoms with E-state index in [0.717, 1.165) is 10.5 Å². The summed E-state index contributed by atoms with van der Waals surface area (Å²) >= 11 is 0. The lowest BCUT2D eigenvalue weighted by Crippen LogP contribution is -2.59. The average Bonchev–Trinajstić information content (AvgIpc) is 3.46. The quantitative estimate of drug-likeness (QED) is 0.193. The normalized spacial score (nSPS) is 17.8. The minimum absolute atomic E-state index is 0.0476. The van der Waals surface area contributed by atoms with Crippen LogP contribution < -0.4 is 5.32 Å². The van der Waals surface area contributed by atoms with Gasteiger partial charge < -0.3 is 43.7 Å². The van der Waals surface area contributed by atoms with Crippen molar-refractivity contribution in [3.05, 3.63) is 35.9 Å². The highest BCUT2D eigenvalue weighted by molar-refractivity contribution is 5.93. The average molecular weight is 696 g/mol. The van der Waals surface area contributed by atoms with Crippen molar-refractivity contribution in [2.45, 2.75) is 91.3 Å². The third kappa shape index (κ3) is 15.4. The Bertz CT molecular complexity index is 1170. The number of carboxylic acid groups (broad SMARTS) is 1. The number of likely N-dealkylation sites (N-methyl/N-ethyl adjacent to an activating group) is 1. The molecular formula is C35H57N3O11. The maximum atomic E-state index is 13.8. The summed E-state index contributed by atoms with van der Waals surface area (Å²) in [5.74, 6) is -2.27. The summed E-state index contributed by atoms with van der Waals surface area (Å²) in [6, 6.07) is 6.80. The number of carboxylic acids is 1. The van der Waals surface area contributed by atoms with Crippen molar-refractivity contribution in [1.29, 1.82) is 0 Å². The largest absolute Gasteiger partial charge is 0.480 e. The van der Waals surface area contributed by atoms with Crippen molar-refractivity contribution < 1.29 is 52.7 Å². The van der Waals surface area contributed by atoms with E-state index in [1.807, 2.05) is 30.3 Å². The third-order valence-electron chi connectivity index (χ3n) is 7.68. The molecule has 14 heteroatoms. The minimum Gasteiger partial charge on any atom is -0.480 e. The van der Waals surface area contributed by atoms with Gasteiger partial charge in [-0.2, -0.15) is 0 Å². The highest BCUT2D eigenvalue weighted by Gasteiger charge is 2.45. The Kier molecular flexibility index (Phi) is 17.4. The van der Waals surface area contributed by atoms with Gasteiger partial charge in [-0.05, 0) is 38.7 Å². The molecule has 0 radical (unpaired) electrons. The van der Waals surface area contributed by atoms with Gasteiger partial charge in [-0.3, -0.25) is 14.5 Å². The second-order valence-electron chi connectivity index (χ2n) is 14.0. The van der Waals surface area contributed by atoms with Gasteiger partial charge in [0.05, 0.1) is 65.6 Å². The van der Waals surface area contributed by atoms with E-state index in [1.54, 1.807) is 41.5 Å². The molecule has 0 saturated carbocycles. The smallest absolute Gasteiger partial charge is 0.410 e. The molecule has 2 N–H and O–H groups in total. The number of nitrogens with zero attached hydrogens (tertiary/aromatic N) is 2. The summed E-state index contributed by atoms with van der Waals surface area (Å²) in [4.78, 5) is 54.0. The van der Waals surface area contributed by atoms with Crippen LogP contribution in [0, 0.1) is 5.41 Å². The SMILES string of the molecule is C[C@@H](C(=O)NC(C(=O)N1C[C@@H](OCCOCCOCCOCCOCc2ccccc2)C[C@H]1C(=O)O)C(C)(C)C)N(C)C(=O)OC(C)(C)C. The summed E-state index contributed by atoms with van der Waals surface area (Å²) in [6.45, 7) is 15.7. The first-order chi connectivity index (χ1) is 23.0. The predicted octanol–water partition coefficient (Wildman–Crippen LogP) is 3.11. The van der Waals surface area contributed by atoms with Gasteiger partial charge in [0, 0.05) is 20.0 Å². The van der Waals surface area contributed by atoms with Crippen LogP contribution in [0.4, 0.5) is 4.79 Å². The molecule has 1 heterocycles. The molecule has 1 saturated heterocycles. The fraction of sp³-hybridized carbons (Fsp3) is 0.714. The summed E-state index contributed by atoms with van der Waals surface area (Å²) < 4.78 is 33.4. The van der Waals surface area contributed by atoms with Crippen LogP contribution >= 0.6 is 0 Å². The molecule has 3 amide bonds. The predicted molar refractivity (Wildman–Crippen MR) is 181 cm³/mol. The van der Waals surface area contributed by atoms with Gasteiger partial charge >= 0.3 is 12.1 Å². The monoisotopic (exact) mass is 695 g/mol. The van der Waals surface area contributed by atoms with E-state index in [1.165, 1.54) is 18.9 Å². The van der Waals surface area contributed by atoms with Crippen LogP contribution in [0.1, 0.15) is 60.5 Å². The van der Waals surface area contributed by atoms with Crippen molar-refractivity contribution in [2.75, 3.05) is 66.4 Å². The number of ether oxygens (including phenoxy) is 6. The number of hydrogen-bond acceptors (Lipinski definition) is 10. The van der Waals surface area contributed by atoms with Crippen molar-refractivity contribution in [3.8, 4) is 0 Å². The Balaban J connectivity index is 1.72. The maximum absolute atomic E-state index is 13.8. The van der Waals surface area contributed by atoms with Gasteiger partial charge in [-0.25, -0.2) is 9.59 Å². The number of hydrogen-bond donors (Lipinski definition) is 2. The molecule has 0 spiro atoms. The van der Waals surface area contributed by atoms with E-state index in [9.17, 15) is 24.3 Å². The molecule has 1 fully saturated rings. The van der Waals surface area contributed by atoms with E-state index >= 15 is 0 Å². The van der Waals surface area contributed by atoms with Crippen molar-refractivity contribution in [3.63, 3.8) is 0 Å². The van der Waals surface area contributed by atoms with Crippen LogP contribution in [-0.4, -0.2) is 135 Å². The van der Waals surface area contributed by atoms with Crippen molar-refractivity contribution in [2.24, 2.45) is 5.41 Å². The highest BCUT2D eigenvalue weighted by Crippen LogP contribution is 2.27. The van der Waals surface area contributed by atoms with Gasteiger partial charge in [0.1, 0.15) is 23.7 Å². The molecule has 1 aliphatic rings. The van der Waals surface area contributed by atoms with E-state index in [2.05, 4.69) is 5.32 Å². The summed E-state index contributed by atoms with van der Waals surface area (Å²) in [5.41, 5.74) is -0.397. The number of benzene rings is 1. The van der Waals surface area contributed by atoms with Crippen LogP contribution in [0.25, 0.3) is 0 Å². The highest BCUT2D eigenvalue weighted by atomic mass is 16.6. The first-order valence-corrected chi connectivity index (χ1v) is 16.8. The molecule has 0 bridgehead atoms. The molecule has 14 nitrogen and oxygen atoms in total. The Morgan fingerprint density at radius 3 is 1.92 bits per heavy atom. The van der Waals surface area contributed by atoms with Gasteiger partial charge in [0.15, 0.2) is 0 Å². The summed E-state index contributed by atoms with van der Waals surface area (Å²) in [7, 11) is 1.44. The zero-order valence-electron chi connectivity index (χ0n) is 30.4. The summed E-state index contributed by atoms with van der Waals surface area (Å²) in [5, 5.41) is 12.7. The number of likely N-dealkylation sites (tertiary alicyclic amines) is 1. The minimum atomic E-state index is -1.16. The Labute approximate surface area is 290 Å². The fourth-order valence-electron chi connectivity index (χ4n) is 4.84. The van der Waals surface area contributed by atoms with E-state index in [-0.39, 0.29) is 26.2 Å². The fourth-order valence-corrected chi connectivity index (χ4v) is 4.84. The second-order valence-corrected chi connectivity index (χ2v) is 14.0. The number of aliphatic carboxylic acids is 1. The van der Waals surface area contributed by atoms with E-state index < -0.39 is 59.1 Å². The summed E-state index contributed by atoms with van der Waals surface area (Å²) in [6.07, 6.45) is -1.10. The molecule has 0 aliphatic carbocycles. The molecular weight excluding hydrogens is 638 g/mol. The zero-order chi connectivity index (χ0) is 36.6. The van der Waals surface area contributed by atoms with Crippen molar-refractivity contribution >= 4 is 23.9 Å². The maximum Gasteiger partial charge on any atom is 0.410 e. The van der Waals surface area contributed by atoms with Gasteiger partial charge in [-0.1, -0.05) is 51.1 Å². The zero-order valence-corrected chi connectivity index (χ0v) is 30.4. The van der Waals surface area contributed by atoms with Crippen LogP contribution in [0.3, 0.4) is 0 Å². The molecule has 0 aromatic heterocycles. The Morgan fingerprint density at radius 2 is 1.41 bits per heavy atom. The number of rotatable bonds is 20. The molecule has 49 heavy (non-hydrogen) atoms. The number of nitrogens with one attached hydrogen (secondary N) is 1. The lowest BCUT2D eigenvalue weighted by Gasteiger charge is -2.36. The Morgan fingerprint density at radius 1 is 0.878 bits per heavy atom.